The van der Waals surface area contributed by atoms with Crippen LogP contribution in [0.25, 0.3) is 0 Å². The number of carbonyl (C=O) groups excluding carboxylic acids is 1. The summed E-state index contributed by atoms with van der Waals surface area (Å²) in [6.07, 6.45) is 2.32. The smallest absolute Gasteiger partial charge is 0.232 e. The zero-order valence-corrected chi connectivity index (χ0v) is 22.0. The lowest BCUT2D eigenvalue weighted by atomic mass is 9.69. The van der Waals surface area contributed by atoms with Gasteiger partial charge in [-0.1, -0.05) is 78.3 Å². The summed E-state index contributed by atoms with van der Waals surface area (Å²) in [4.78, 5) is 15.6. The van der Waals surface area contributed by atoms with Crippen molar-refractivity contribution in [3.63, 3.8) is 0 Å². The Morgan fingerprint density at radius 1 is 0.972 bits per heavy atom. The average Bonchev–Trinajstić information content (AvgIpc) is 3.35. The third-order valence-corrected chi connectivity index (χ3v) is 7.79. The molecule has 1 amide bonds. The van der Waals surface area contributed by atoms with Gasteiger partial charge in [-0.25, -0.2) is 0 Å². The zero-order chi connectivity index (χ0) is 25.8. The highest BCUT2D eigenvalue weighted by atomic mass is 35.5. The van der Waals surface area contributed by atoms with Gasteiger partial charge in [-0.2, -0.15) is 0 Å². The number of benzene rings is 3. The number of likely N-dealkylation sites (tertiary alicyclic amines) is 1. The van der Waals surface area contributed by atoms with Crippen LogP contribution in [0.5, 0.6) is 11.5 Å². The van der Waals surface area contributed by atoms with E-state index in [9.17, 15) is 4.79 Å². The summed E-state index contributed by atoms with van der Waals surface area (Å²) in [7, 11) is 1.60. The molecule has 0 aliphatic carbocycles. The van der Waals surface area contributed by atoms with E-state index in [2.05, 4.69) is 18.7 Å². The first-order valence-electron chi connectivity index (χ1n) is 12.4. The van der Waals surface area contributed by atoms with E-state index < -0.39 is 5.41 Å². The molecule has 1 saturated heterocycles. The van der Waals surface area contributed by atoms with E-state index >= 15 is 0 Å². The molecule has 1 aliphatic rings. The maximum absolute atomic E-state index is 13.2. The third kappa shape index (κ3) is 5.23. The Morgan fingerprint density at radius 2 is 1.58 bits per heavy atom. The number of amides is 1. The summed E-state index contributed by atoms with van der Waals surface area (Å²) in [6, 6.07) is 25.3. The van der Waals surface area contributed by atoms with Crippen molar-refractivity contribution in [2.24, 2.45) is 5.73 Å². The highest BCUT2D eigenvalue weighted by molar-refractivity contribution is 6.32. The molecule has 3 aromatic carbocycles. The van der Waals surface area contributed by atoms with Crippen molar-refractivity contribution >= 4 is 17.5 Å². The van der Waals surface area contributed by atoms with Gasteiger partial charge < -0.3 is 15.2 Å². The van der Waals surface area contributed by atoms with E-state index in [0.717, 1.165) is 37.1 Å². The molecule has 6 heteroatoms. The second-order valence-corrected chi connectivity index (χ2v) is 10.5. The quantitative estimate of drug-likeness (QED) is 0.375. The number of nitrogens with two attached hydrogens (primary N) is 1. The van der Waals surface area contributed by atoms with Crippen LogP contribution in [0.3, 0.4) is 0 Å². The lowest BCUT2D eigenvalue weighted by molar-refractivity contribution is -0.122. The molecule has 0 radical (unpaired) electrons. The van der Waals surface area contributed by atoms with Gasteiger partial charge in [-0.05, 0) is 56.4 Å². The SMILES string of the molecule is COc1c(Cl)cccc1O[C@@H]1CCN(C(C)(C)CCC(C(N)=O)(c2ccccc2)c2ccccc2)C1. The van der Waals surface area contributed by atoms with Crippen LogP contribution in [0.4, 0.5) is 0 Å². The van der Waals surface area contributed by atoms with Crippen molar-refractivity contribution < 1.29 is 14.3 Å². The molecule has 4 rings (SSSR count). The van der Waals surface area contributed by atoms with Crippen molar-refractivity contribution in [1.29, 1.82) is 0 Å². The first-order chi connectivity index (χ1) is 17.3. The molecule has 1 fully saturated rings. The number of carbonyl (C=O) groups is 1. The first-order valence-corrected chi connectivity index (χ1v) is 12.8. The van der Waals surface area contributed by atoms with Crippen molar-refractivity contribution in [3.8, 4) is 11.5 Å². The lowest BCUT2D eigenvalue weighted by Crippen LogP contribution is -2.47. The van der Waals surface area contributed by atoms with E-state index in [1.807, 2.05) is 72.8 Å². The van der Waals surface area contributed by atoms with Crippen LogP contribution in [-0.4, -0.2) is 42.6 Å². The molecule has 0 aromatic heterocycles. The second-order valence-electron chi connectivity index (χ2n) is 10.1. The van der Waals surface area contributed by atoms with Crippen LogP contribution in [0.15, 0.2) is 78.9 Å². The van der Waals surface area contributed by atoms with Crippen molar-refractivity contribution in [2.45, 2.75) is 50.2 Å². The predicted octanol–water partition coefficient (Wildman–Crippen LogP) is 5.83. The Morgan fingerprint density at radius 3 is 2.14 bits per heavy atom. The fourth-order valence-electron chi connectivity index (χ4n) is 5.29. The van der Waals surface area contributed by atoms with Gasteiger partial charge in [0.15, 0.2) is 11.5 Å². The molecule has 1 heterocycles. The van der Waals surface area contributed by atoms with Gasteiger partial charge in [0.05, 0.1) is 17.5 Å². The molecule has 0 spiro atoms. The van der Waals surface area contributed by atoms with Crippen LogP contribution in [0.2, 0.25) is 5.02 Å². The van der Waals surface area contributed by atoms with Crippen molar-refractivity contribution in [2.75, 3.05) is 20.2 Å². The number of primary amides is 1. The Hall–Kier alpha value is -3.02. The number of hydrogen-bond donors (Lipinski definition) is 1. The maximum atomic E-state index is 13.2. The molecule has 3 aromatic rings. The monoisotopic (exact) mass is 506 g/mol. The molecule has 0 saturated carbocycles. The van der Waals surface area contributed by atoms with Gasteiger partial charge in [0.25, 0.3) is 0 Å². The fraction of sp³-hybridized carbons (Fsp3) is 0.367. The summed E-state index contributed by atoms with van der Waals surface area (Å²) < 4.78 is 11.7. The largest absolute Gasteiger partial charge is 0.491 e. The maximum Gasteiger partial charge on any atom is 0.232 e. The Balaban J connectivity index is 1.52. The van der Waals surface area contributed by atoms with Crippen LogP contribution < -0.4 is 15.2 Å². The number of ether oxygens (including phenoxy) is 2. The van der Waals surface area contributed by atoms with E-state index in [1.165, 1.54) is 0 Å². The normalized spacial score (nSPS) is 16.6. The number of halogens is 1. The van der Waals surface area contributed by atoms with Crippen molar-refractivity contribution in [1.82, 2.24) is 4.90 Å². The van der Waals surface area contributed by atoms with Gasteiger partial charge in [-0.15, -0.1) is 0 Å². The Kier molecular flexibility index (Phi) is 7.91. The standard InChI is InChI=1S/C30H35ClN2O3/c1-29(2,33-20-17-24(21-33)36-26-16-10-15-25(31)27(26)35-3)18-19-30(28(32)34,22-11-6-4-7-12-22)23-13-8-5-9-14-23/h4-16,24H,17-21H2,1-3H3,(H2,32,34)/t24-/m1/s1. The predicted molar refractivity (Wildman–Crippen MR) is 145 cm³/mol. The van der Waals surface area contributed by atoms with Gasteiger partial charge in [0, 0.05) is 18.6 Å². The van der Waals surface area contributed by atoms with Gasteiger partial charge in [0.1, 0.15) is 6.10 Å². The topological polar surface area (TPSA) is 64.8 Å². The van der Waals surface area contributed by atoms with Crippen LogP contribution in [-0.2, 0) is 10.2 Å². The first kappa shape index (κ1) is 26.1. The third-order valence-electron chi connectivity index (χ3n) is 7.50. The van der Waals surface area contributed by atoms with Crippen LogP contribution >= 0.6 is 11.6 Å². The molecular weight excluding hydrogens is 472 g/mol. The summed E-state index contributed by atoms with van der Waals surface area (Å²) >= 11 is 6.27. The van der Waals surface area contributed by atoms with E-state index in [4.69, 9.17) is 26.8 Å². The average molecular weight is 507 g/mol. The summed E-state index contributed by atoms with van der Waals surface area (Å²) in [5.74, 6) is 0.899. The molecule has 190 valence electrons. The summed E-state index contributed by atoms with van der Waals surface area (Å²) in [5.41, 5.74) is 6.96. The highest BCUT2D eigenvalue weighted by Crippen LogP contribution is 2.41. The van der Waals surface area contributed by atoms with Crippen LogP contribution in [0.1, 0.15) is 44.2 Å². The number of para-hydroxylation sites is 1. The minimum atomic E-state index is -0.899. The van der Waals surface area contributed by atoms with E-state index in [-0.39, 0.29) is 17.6 Å². The van der Waals surface area contributed by atoms with E-state index in [1.54, 1.807) is 13.2 Å². The van der Waals surface area contributed by atoms with Crippen molar-refractivity contribution in [3.05, 3.63) is 95.0 Å². The number of methoxy groups -OCH3 is 1. The number of nitrogens with zero attached hydrogens (tertiary/aromatic N) is 1. The minimum Gasteiger partial charge on any atom is -0.491 e. The Labute approximate surface area is 219 Å². The summed E-state index contributed by atoms with van der Waals surface area (Å²) in [5, 5.41) is 0.537. The molecule has 1 aliphatic heterocycles. The van der Waals surface area contributed by atoms with E-state index in [0.29, 0.717) is 22.9 Å². The number of hydrogen-bond acceptors (Lipinski definition) is 4. The molecule has 0 unspecified atom stereocenters. The molecule has 0 bridgehead atoms. The van der Waals surface area contributed by atoms with Crippen LogP contribution in [0, 0.1) is 0 Å². The molecule has 1 atom stereocenters. The number of rotatable bonds is 10. The zero-order valence-electron chi connectivity index (χ0n) is 21.2. The Bertz CT molecular complexity index is 1130. The summed E-state index contributed by atoms with van der Waals surface area (Å²) in [6.45, 7) is 6.15. The highest BCUT2D eigenvalue weighted by Gasteiger charge is 2.43. The van der Waals surface area contributed by atoms with Gasteiger partial charge >= 0.3 is 0 Å². The fourth-order valence-corrected chi connectivity index (χ4v) is 5.54. The molecular formula is C30H35ClN2O3. The molecule has 2 N–H and O–H groups in total. The molecule has 36 heavy (non-hydrogen) atoms. The second kappa shape index (κ2) is 10.9. The minimum absolute atomic E-state index is 0.0285. The van der Waals surface area contributed by atoms with Gasteiger partial charge in [-0.3, -0.25) is 9.69 Å². The molecule has 5 nitrogen and oxygen atoms in total. The lowest BCUT2D eigenvalue weighted by Gasteiger charge is -2.40. The van der Waals surface area contributed by atoms with Gasteiger partial charge in [0.2, 0.25) is 5.91 Å².